The van der Waals surface area contributed by atoms with Gasteiger partial charge in [0.25, 0.3) is 5.91 Å². The van der Waals surface area contributed by atoms with E-state index in [0.717, 1.165) is 12.8 Å². The fourth-order valence-corrected chi connectivity index (χ4v) is 3.51. The fraction of sp³-hybridized carbons (Fsp3) is 0.533. The molecule has 1 aromatic rings. The highest BCUT2D eigenvalue weighted by Gasteiger charge is 2.44. The molecule has 0 saturated carbocycles. The number of carbonyl (C=O) groups is 2. The zero-order valence-corrected chi connectivity index (χ0v) is 12.2. The average molecular weight is 288 g/mol. The van der Waals surface area contributed by atoms with E-state index in [9.17, 15) is 9.59 Å². The lowest BCUT2D eigenvalue weighted by molar-refractivity contribution is -0.136. The number of hydrogen-bond donors (Lipinski definition) is 0. The summed E-state index contributed by atoms with van der Waals surface area (Å²) in [5, 5.41) is 4.06. The van der Waals surface area contributed by atoms with Crippen molar-refractivity contribution in [3.63, 3.8) is 0 Å². The Morgan fingerprint density at radius 2 is 2.29 bits per heavy atom. The molecular formula is C15H20N4O2. The summed E-state index contributed by atoms with van der Waals surface area (Å²) < 4.78 is 1.60. The van der Waals surface area contributed by atoms with E-state index in [1.165, 1.54) is 0 Å². The van der Waals surface area contributed by atoms with Crippen molar-refractivity contribution < 1.29 is 9.59 Å². The SMILES string of the molecule is C=CCN1C(=O)CC[C@@H]2[C@H]1CCN2C(=O)c1ccnn1C. The molecule has 2 aliphatic rings. The number of carbonyl (C=O) groups excluding carboxylic acids is 2. The van der Waals surface area contributed by atoms with Crippen molar-refractivity contribution in [1.82, 2.24) is 19.6 Å². The van der Waals surface area contributed by atoms with Crippen LogP contribution < -0.4 is 0 Å². The number of aryl methyl sites for hydroxylation is 1. The van der Waals surface area contributed by atoms with E-state index in [-0.39, 0.29) is 23.9 Å². The number of hydrogen-bond acceptors (Lipinski definition) is 3. The topological polar surface area (TPSA) is 58.4 Å². The minimum Gasteiger partial charge on any atom is -0.334 e. The molecule has 2 fully saturated rings. The van der Waals surface area contributed by atoms with E-state index in [2.05, 4.69) is 11.7 Å². The Hall–Kier alpha value is -2.11. The molecule has 0 bridgehead atoms. The van der Waals surface area contributed by atoms with Crippen molar-refractivity contribution in [2.24, 2.45) is 7.05 Å². The molecule has 6 heteroatoms. The van der Waals surface area contributed by atoms with Crippen molar-refractivity contribution in [2.45, 2.75) is 31.3 Å². The summed E-state index contributed by atoms with van der Waals surface area (Å²) >= 11 is 0. The summed E-state index contributed by atoms with van der Waals surface area (Å²) in [6.45, 7) is 4.98. The van der Waals surface area contributed by atoms with Gasteiger partial charge >= 0.3 is 0 Å². The first-order chi connectivity index (χ1) is 10.1. The molecule has 2 amide bonds. The standard InChI is InChI=1S/C15H20N4O2/c1-3-9-18-12-7-10-19(11(12)4-5-14(18)20)15(21)13-6-8-16-17(13)2/h3,6,8,11-12H,1,4-5,7,9-10H2,2H3/t11-,12-/m1/s1. The first-order valence-electron chi connectivity index (χ1n) is 7.33. The molecule has 0 N–H and O–H groups in total. The van der Waals surface area contributed by atoms with Crippen LogP contribution in [-0.2, 0) is 11.8 Å². The smallest absolute Gasteiger partial charge is 0.272 e. The number of fused-ring (bicyclic) bond motifs is 1. The van der Waals surface area contributed by atoms with Gasteiger partial charge in [0, 0.05) is 32.8 Å². The highest BCUT2D eigenvalue weighted by molar-refractivity contribution is 5.93. The molecule has 0 spiro atoms. The molecule has 21 heavy (non-hydrogen) atoms. The average Bonchev–Trinajstić information content (AvgIpc) is 3.07. The maximum Gasteiger partial charge on any atom is 0.272 e. The van der Waals surface area contributed by atoms with Gasteiger partial charge in [-0.25, -0.2) is 0 Å². The minimum absolute atomic E-state index is 0.00963. The molecule has 0 radical (unpaired) electrons. The zero-order valence-electron chi connectivity index (χ0n) is 12.2. The summed E-state index contributed by atoms with van der Waals surface area (Å²) in [5.41, 5.74) is 0.600. The van der Waals surface area contributed by atoms with Gasteiger partial charge in [-0.2, -0.15) is 5.10 Å². The van der Waals surface area contributed by atoms with Crippen molar-refractivity contribution in [2.75, 3.05) is 13.1 Å². The van der Waals surface area contributed by atoms with Crippen LogP contribution in [0.1, 0.15) is 29.8 Å². The molecule has 0 aliphatic carbocycles. The van der Waals surface area contributed by atoms with Crippen molar-refractivity contribution >= 4 is 11.8 Å². The maximum atomic E-state index is 12.7. The van der Waals surface area contributed by atoms with E-state index in [1.54, 1.807) is 30.1 Å². The van der Waals surface area contributed by atoms with Crippen molar-refractivity contribution in [3.05, 3.63) is 30.6 Å². The highest BCUT2D eigenvalue weighted by Crippen LogP contribution is 2.32. The summed E-state index contributed by atoms with van der Waals surface area (Å²) in [7, 11) is 1.77. The first kappa shape index (κ1) is 13.9. The van der Waals surface area contributed by atoms with Crippen LogP contribution in [0.2, 0.25) is 0 Å². The molecule has 2 aliphatic heterocycles. The second-order valence-corrected chi connectivity index (χ2v) is 5.64. The Morgan fingerprint density at radius 3 is 2.95 bits per heavy atom. The van der Waals surface area contributed by atoms with Gasteiger partial charge in [0.15, 0.2) is 0 Å². The van der Waals surface area contributed by atoms with Crippen LogP contribution in [0.5, 0.6) is 0 Å². The number of piperidine rings is 1. The molecule has 1 aromatic heterocycles. The Balaban J connectivity index is 1.81. The number of rotatable bonds is 3. The number of amides is 2. The van der Waals surface area contributed by atoms with Crippen LogP contribution in [0.3, 0.4) is 0 Å². The lowest BCUT2D eigenvalue weighted by Gasteiger charge is -2.39. The predicted molar refractivity (Wildman–Crippen MR) is 77.6 cm³/mol. The van der Waals surface area contributed by atoms with E-state index in [0.29, 0.717) is 25.2 Å². The van der Waals surface area contributed by atoms with Crippen LogP contribution in [-0.4, -0.2) is 56.6 Å². The van der Waals surface area contributed by atoms with Gasteiger partial charge in [-0.15, -0.1) is 6.58 Å². The molecule has 2 atom stereocenters. The van der Waals surface area contributed by atoms with E-state index in [4.69, 9.17) is 0 Å². The third-order valence-electron chi connectivity index (χ3n) is 4.51. The Bertz CT molecular complexity index is 580. The largest absolute Gasteiger partial charge is 0.334 e. The van der Waals surface area contributed by atoms with Crippen LogP contribution in [0, 0.1) is 0 Å². The van der Waals surface area contributed by atoms with Gasteiger partial charge < -0.3 is 9.80 Å². The second-order valence-electron chi connectivity index (χ2n) is 5.64. The third kappa shape index (κ3) is 2.24. The zero-order chi connectivity index (χ0) is 15.0. The Morgan fingerprint density at radius 1 is 1.48 bits per heavy atom. The van der Waals surface area contributed by atoms with E-state index in [1.807, 2.05) is 9.80 Å². The number of aromatic nitrogens is 2. The summed E-state index contributed by atoms with van der Waals surface area (Å²) in [4.78, 5) is 28.5. The van der Waals surface area contributed by atoms with Crippen molar-refractivity contribution in [1.29, 1.82) is 0 Å². The van der Waals surface area contributed by atoms with Crippen LogP contribution in [0.25, 0.3) is 0 Å². The summed E-state index contributed by atoms with van der Waals surface area (Å²) in [6, 6.07) is 1.98. The van der Waals surface area contributed by atoms with Crippen molar-refractivity contribution in [3.8, 4) is 0 Å². The second kappa shape index (κ2) is 5.35. The molecule has 2 saturated heterocycles. The molecule has 6 nitrogen and oxygen atoms in total. The lowest BCUT2D eigenvalue weighted by Crippen LogP contribution is -2.53. The summed E-state index contributed by atoms with van der Waals surface area (Å²) in [5.74, 6) is 0.182. The van der Waals surface area contributed by atoms with E-state index >= 15 is 0 Å². The Kier molecular flexibility index (Phi) is 3.53. The predicted octanol–water partition coefficient (Wildman–Crippen LogP) is 0.812. The van der Waals surface area contributed by atoms with Gasteiger partial charge in [-0.05, 0) is 18.9 Å². The third-order valence-corrected chi connectivity index (χ3v) is 4.51. The quantitative estimate of drug-likeness (QED) is 0.773. The van der Waals surface area contributed by atoms with Gasteiger partial charge in [0.1, 0.15) is 5.69 Å². The molecule has 112 valence electrons. The van der Waals surface area contributed by atoms with Gasteiger partial charge in [-0.1, -0.05) is 6.08 Å². The number of likely N-dealkylation sites (tertiary alicyclic amines) is 2. The normalized spacial score (nSPS) is 25.1. The highest BCUT2D eigenvalue weighted by atomic mass is 16.2. The maximum absolute atomic E-state index is 12.7. The summed E-state index contributed by atoms with van der Waals surface area (Å²) in [6.07, 6.45) is 5.49. The fourth-order valence-electron chi connectivity index (χ4n) is 3.51. The molecule has 3 heterocycles. The van der Waals surface area contributed by atoms with Crippen LogP contribution >= 0.6 is 0 Å². The van der Waals surface area contributed by atoms with Gasteiger partial charge in [-0.3, -0.25) is 14.3 Å². The molecule has 0 aromatic carbocycles. The Labute approximate surface area is 124 Å². The molecule has 3 rings (SSSR count). The molecule has 0 unspecified atom stereocenters. The molecular weight excluding hydrogens is 268 g/mol. The number of nitrogens with zero attached hydrogens (tertiary/aromatic N) is 4. The lowest BCUT2D eigenvalue weighted by atomic mass is 9.96. The van der Waals surface area contributed by atoms with E-state index < -0.39 is 0 Å². The monoisotopic (exact) mass is 288 g/mol. The van der Waals surface area contributed by atoms with Crippen LogP contribution in [0.15, 0.2) is 24.9 Å². The minimum atomic E-state index is 0.00963. The van der Waals surface area contributed by atoms with Gasteiger partial charge in [0.2, 0.25) is 5.91 Å². The van der Waals surface area contributed by atoms with Gasteiger partial charge in [0.05, 0.1) is 12.1 Å². The van der Waals surface area contributed by atoms with Crippen LogP contribution in [0.4, 0.5) is 0 Å². The first-order valence-corrected chi connectivity index (χ1v) is 7.33.